The van der Waals surface area contributed by atoms with Gasteiger partial charge >= 0.3 is 0 Å². The third-order valence-corrected chi connectivity index (χ3v) is 4.68. The van der Waals surface area contributed by atoms with E-state index in [1.807, 2.05) is 17.8 Å². The number of hydrogen-bond donors (Lipinski definition) is 2. The predicted octanol–water partition coefficient (Wildman–Crippen LogP) is 2.55. The van der Waals surface area contributed by atoms with Gasteiger partial charge in [0.25, 0.3) is 0 Å². The number of rotatable bonds is 5. The molecule has 0 spiro atoms. The Balaban J connectivity index is 2.17. The van der Waals surface area contributed by atoms with Crippen LogP contribution >= 0.6 is 27.3 Å². The zero-order chi connectivity index (χ0) is 13.1. The van der Waals surface area contributed by atoms with Crippen LogP contribution in [-0.2, 0) is 19.9 Å². The summed E-state index contributed by atoms with van der Waals surface area (Å²) in [6, 6.07) is 6.41. The van der Waals surface area contributed by atoms with Crippen LogP contribution in [0, 0.1) is 0 Å². The van der Waals surface area contributed by atoms with Crippen molar-refractivity contribution in [2.24, 2.45) is 12.9 Å². The highest BCUT2D eigenvalue weighted by Gasteiger charge is 2.15. The summed E-state index contributed by atoms with van der Waals surface area (Å²) >= 11 is 5.18. The van der Waals surface area contributed by atoms with E-state index in [1.165, 1.54) is 10.6 Å². The smallest absolute Gasteiger partial charge is 0.0702 e. The molecule has 2 aromatic rings. The van der Waals surface area contributed by atoms with E-state index in [-0.39, 0.29) is 6.04 Å². The van der Waals surface area contributed by atoms with E-state index in [0.717, 1.165) is 22.3 Å². The lowest BCUT2D eigenvalue weighted by atomic mass is 10.1. The molecule has 98 valence electrons. The van der Waals surface area contributed by atoms with Gasteiger partial charge < -0.3 is 0 Å². The highest BCUT2D eigenvalue weighted by atomic mass is 79.9. The van der Waals surface area contributed by atoms with Crippen molar-refractivity contribution in [3.8, 4) is 0 Å². The summed E-state index contributed by atoms with van der Waals surface area (Å²) in [6.07, 6.45) is 1.80. The Morgan fingerprint density at radius 3 is 2.83 bits per heavy atom. The fourth-order valence-electron chi connectivity index (χ4n) is 1.90. The zero-order valence-corrected chi connectivity index (χ0v) is 12.9. The van der Waals surface area contributed by atoms with Crippen LogP contribution in [0.5, 0.6) is 0 Å². The van der Waals surface area contributed by atoms with Crippen LogP contribution in [-0.4, -0.2) is 9.78 Å². The van der Waals surface area contributed by atoms with E-state index < -0.39 is 0 Å². The summed E-state index contributed by atoms with van der Waals surface area (Å²) in [7, 11) is 1.98. The van der Waals surface area contributed by atoms with Crippen LogP contribution in [0.2, 0.25) is 0 Å². The van der Waals surface area contributed by atoms with Crippen molar-refractivity contribution in [3.63, 3.8) is 0 Å². The number of hydrogen-bond acceptors (Lipinski definition) is 4. The molecule has 6 heteroatoms. The number of hydrazine groups is 1. The molecular weight excluding hydrogens is 312 g/mol. The average Bonchev–Trinajstić information content (AvgIpc) is 2.93. The minimum Gasteiger partial charge on any atom is -0.272 e. The molecule has 0 aromatic carbocycles. The fourth-order valence-corrected chi connectivity index (χ4v) is 3.39. The Morgan fingerprint density at radius 2 is 2.33 bits per heavy atom. The molecule has 0 radical (unpaired) electrons. The summed E-state index contributed by atoms with van der Waals surface area (Å²) < 4.78 is 3.06. The first kappa shape index (κ1) is 13.7. The molecule has 2 aromatic heterocycles. The Bertz CT molecular complexity index is 520. The summed E-state index contributed by atoms with van der Waals surface area (Å²) in [4.78, 5) is 1.23. The van der Waals surface area contributed by atoms with Gasteiger partial charge in [0.05, 0.1) is 15.5 Å². The average molecular weight is 329 g/mol. The van der Waals surface area contributed by atoms with Crippen molar-refractivity contribution < 1.29 is 0 Å². The van der Waals surface area contributed by atoms with Crippen LogP contribution in [0.1, 0.15) is 29.2 Å². The van der Waals surface area contributed by atoms with Gasteiger partial charge in [0.15, 0.2) is 0 Å². The maximum absolute atomic E-state index is 5.66. The number of thiophene rings is 1. The lowest BCUT2D eigenvalue weighted by Gasteiger charge is -2.13. The third kappa shape index (κ3) is 3.00. The van der Waals surface area contributed by atoms with Gasteiger partial charge in [-0.15, -0.1) is 11.3 Å². The van der Waals surface area contributed by atoms with E-state index in [4.69, 9.17) is 5.84 Å². The van der Waals surface area contributed by atoms with Crippen molar-refractivity contribution in [2.45, 2.75) is 25.8 Å². The van der Waals surface area contributed by atoms with Crippen LogP contribution in [0.4, 0.5) is 0 Å². The second-order valence-corrected chi connectivity index (χ2v) is 6.66. The van der Waals surface area contributed by atoms with Gasteiger partial charge in [-0.05, 0) is 40.5 Å². The molecule has 0 aliphatic heterocycles. The number of nitrogens with one attached hydrogen (secondary N) is 1. The normalized spacial score (nSPS) is 12.9. The molecule has 0 amide bonds. The van der Waals surface area contributed by atoms with Gasteiger partial charge in [-0.2, -0.15) is 5.10 Å². The molecule has 3 N–H and O–H groups in total. The summed E-state index contributed by atoms with van der Waals surface area (Å²) in [5, 5.41) is 4.46. The lowest BCUT2D eigenvalue weighted by molar-refractivity contribution is 0.537. The number of aryl methyl sites for hydroxylation is 2. The first-order chi connectivity index (χ1) is 8.63. The fraction of sp³-hybridized carbons (Fsp3) is 0.417. The van der Waals surface area contributed by atoms with Crippen LogP contribution in [0.25, 0.3) is 0 Å². The second kappa shape index (κ2) is 5.97. The molecule has 0 saturated heterocycles. The molecule has 0 aliphatic rings. The van der Waals surface area contributed by atoms with Crippen LogP contribution < -0.4 is 11.3 Å². The second-order valence-electron chi connectivity index (χ2n) is 4.17. The van der Waals surface area contributed by atoms with Gasteiger partial charge in [0.1, 0.15) is 0 Å². The first-order valence-electron chi connectivity index (χ1n) is 5.87. The van der Waals surface area contributed by atoms with E-state index in [9.17, 15) is 0 Å². The van der Waals surface area contributed by atoms with Crippen molar-refractivity contribution in [3.05, 3.63) is 38.3 Å². The molecule has 1 unspecified atom stereocenters. The highest BCUT2D eigenvalue weighted by Crippen LogP contribution is 2.28. The van der Waals surface area contributed by atoms with Gasteiger partial charge in [0.2, 0.25) is 0 Å². The standard InChI is InChI=1S/C12H17BrN4S/c1-3-8-6-9(17(2)16-8)7-10(15-14)11-4-5-12(13)18-11/h4-6,10,15H,3,7,14H2,1-2H3. The largest absolute Gasteiger partial charge is 0.272 e. The molecule has 18 heavy (non-hydrogen) atoms. The quantitative estimate of drug-likeness (QED) is 0.655. The first-order valence-corrected chi connectivity index (χ1v) is 7.48. The SMILES string of the molecule is CCc1cc(CC(NN)c2ccc(Br)s2)n(C)n1. The van der Waals surface area contributed by atoms with E-state index >= 15 is 0 Å². The Kier molecular flexibility index (Phi) is 4.55. The monoisotopic (exact) mass is 328 g/mol. The van der Waals surface area contributed by atoms with Crippen molar-refractivity contribution in [1.29, 1.82) is 0 Å². The maximum atomic E-state index is 5.66. The maximum Gasteiger partial charge on any atom is 0.0702 e. The molecule has 0 saturated carbocycles. The minimum atomic E-state index is 0.126. The van der Waals surface area contributed by atoms with Crippen LogP contribution in [0.15, 0.2) is 22.0 Å². The van der Waals surface area contributed by atoms with Crippen molar-refractivity contribution in [2.75, 3.05) is 0 Å². The zero-order valence-electron chi connectivity index (χ0n) is 10.5. The van der Waals surface area contributed by atoms with Crippen molar-refractivity contribution >= 4 is 27.3 Å². The molecule has 2 rings (SSSR count). The van der Waals surface area contributed by atoms with Gasteiger partial charge in [0, 0.05) is 24.0 Å². The Hall–Kier alpha value is -0.690. The van der Waals surface area contributed by atoms with E-state index in [1.54, 1.807) is 11.3 Å². The van der Waals surface area contributed by atoms with Crippen LogP contribution in [0.3, 0.4) is 0 Å². The summed E-state index contributed by atoms with van der Waals surface area (Å²) in [6.45, 7) is 2.11. The molecule has 4 nitrogen and oxygen atoms in total. The Labute approximate surface area is 119 Å². The van der Waals surface area contributed by atoms with E-state index in [0.29, 0.717) is 0 Å². The molecule has 2 heterocycles. The number of halogens is 1. The number of nitrogens with zero attached hydrogens (tertiary/aromatic N) is 2. The molecule has 1 atom stereocenters. The van der Waals surface area contributed by atoms with Gasteiger partial charge in [-0.25, -0.2) is 0 Å². The predicted molar refractivity (Wildman–Crippen MR) is 78.4 cm³/mol. The lowest BCUT2D eigenvalue weighted by Crippen LogP contribution is -2.29. The van der Waals surface area contributed by atoms with Crippen molar-refractivity contribution in [1.82, 2.24) is 15.2 Å². The highest BCUT2D eigenvalue weighted by molar-refractivity contribution is 9.11. The third-order valence-electron chi connectivity index (χ3n) is 2.94. The number of nitrogens with two attached hydrogens (primary N) is 1. The molecule has 0 fully saturated rings. The molecule has 0 bridgehead atoms. The minimum absolute atomic E-state index is 0.126. The molecular formula is C12H17BrN4S. The topological polar surface area (TPSA) is 55.9 Å². The van der Waals surface area contributed by atoms with Gasteiger partial charge in [-0.3, -0.25) is 16.0 Å². The summed E-state index contributed by atoms with van der Waals surface area (Å²) in [5.41, 5.74) is 5.20. The Morgan fingerprint density at radius 1 is 1.56 bits per heavy atom. The molecule has 0 aliphatic carbocycles. The summed E-state index contributed by atoms with van der Waals surface area (Å²) in [5.74, 6) is 5.66. The van der Waals surface area contributed by atoms with Gasteiger partial charge in [-0.1, -0.05) is 6.92 Å². The van der Waals surface area contributed by atoms with E-state index in [2.05, 4.69) is 45.5 Å². The number of aromatic nitrogens is 2.